The van der Waals surface area contributed by atoms with Crippen molar-refractivity contribution >= 4 is 11.6 Å². The number of ether oxygens (including phenoxy) is 1. The Labute approximate surface area is 162 Å². The van der Waals surface area contributed by atoms with Gasteiger partial charge in [-0.05, 0) is 80.5 Å². The molecule has 0 atom stereocenters. The first-order valence-corrected chi connectivity index (χ1v) is 9.84. The van der Waals surface area contributed by atoms with Crippen molar-refractivity contribution in [2.24, 2.45) is 0 Å². The van der Waals surface area contributed by atoms with Crippen LogP contribution in [0.1, 0.15) is 41.5 Å². The zero-order valence-corrected chi connectivity index (χ0v) is 16.7. The quantitative estimate of drug-likeness (QED) is 0.829. The predicted molar refractivity (Wildman–Crippen MR) is 111 cm³/mol. The molecule has 1 heterocycles. The molecule has 1 aliphatic heterocycles. The number of piperidine rings is 1. The number of nitrogens with zero attached hydrogens (tertiary/aromatic N) is 1. The first kappa shape index (κ1) is 19.3. The molecule has 1 fully saturated rings. The van der Waals surface area contributed by atoms with Gasteiger partial charge in [-0.1, -0.05) is 18.2 Å². The molecule has 0 bridgehead atoms. The molecule has 0 spiro atoms. The van der Waals surface area contributed by atoms with Crippen LogP contribution in [0.15, 0.2) is 36.4 Å². The average Bonchev–Trinajstić information content (AvgIpc) is 2.69. The third-order valence-electron chi connectivity index (χ3n) is 5.27. The van der Waals surface area contributed by atoms with E-state index in [-0.39, 0.29) is 12.5 Å². The maximum Gasteiger partial charge on any atom is 0.258 e. The van der Waals surface area contributed by atoms with Crippen molar-refractivity contribution in [2.45, 2.75) is 46.6 Å². The summed E-state index contributed by atoms with van der Waals surface area (Å²) >= 11 is 0. The van der Waals surface area contributed by atoms with E-state index >= 15 is 0 Å². The highest BCUT2D eigenvalue weighted by molar-refractivity contribution is 5.77. The third kappa shape index (κ3) is 5.25. The highest BCUT2D eigenvalue weighted by Crippen LogP contribution is 2.23. The number of carbonyl (C=O) groups is 1. The van der Waals surface area contributed by atoms with E-state index in [1.54, 1.807) is 0 Å². The number of nitrogens with one attached hydrogen (secondary N) is 1. The molecule has 1 saturated heterocycles. The lowest BCUT2D eigenvalue weighted by Gasteiger charge is -2.28. The maximum atomic E-state index is 12.1. The predicted octanol–water partition coefficient (Wildman–Crippen LogP) is 4.30. The van der Waals surface area contributed by atoms with Crippen molar-refractivity contribution in [3.05, 3.63) is 58.7 Å². The molecule has 0 radical (unpaired) electrons. The van der Waals surface area contributed by atoms with Gasteiger partial charge in [0.2, 0.25) is 0 Å². The first-order valence-electron chi connectivity index (χ1n) is 9.84. The summed E-state index contributed by atoms with van der Waals surface area (Å²) in [5.74, 6) is 0.683. The number of hydrogen-bond donors (Lipinski definition) is 1. The van der Waals surface area contributed by atoms with Crippen molar-refractivity contribution in [3.8, 4) is 5.75 Å². The largest absolute Gasteiger partial charge is 0.483 e. The molecule has 144 valence electrons. The SMILES string of the molecule is Cc1cc(C)c(C)c(OCC(=O)NCc2ccc(N3CCCCC3)cc2)c1. The number of rotatable bonds is 6. The van der Waals surface area contributed by atoms with Crippen molar-refractivity contribution in [1.29, 1.82) is 0 Å². The lowest BCUT2D eigenvalue weighted by Crippen LogP contribution is -2.29. The zero-order chi connectivity index (χ0) is 19.2. The standard InChI is InChI=1S/C23H30N2O2/c1-17-13-18(2)19(3)22(14-17)27-16-23(26)24-15-20-7-9-21(10-8-20)25-11-5-4-6-12-25/h7-10,13-14H,4-6,11-12,15-16H2,1-3H3,(H,24,26). The Morgan fingerprint density at radius 1 is 1.04 bits per heavy atom. The Kier molecular flexibility index (Phi) is 6.38. The molecule has 1 aliphatic rings. The van der Waals surface area contributed by atoms with Crippen LogP contribution in [0.5, 0.6) is 5.75 Å². The maximum absolute atomic E-state index is 12.1. The molecule has 1 N–H and O–H groups in total. The summed E-state index contributed by atoms with van der Waals surface area (Å²) in [6.07, 6.45) is 3.89. The molecule has 0 aliphatic carbocycles. The second-order valence-corrected chi connectivity index (χ2v) is 7.48. The fourth-order valence-corrected chi connectivity index (χ4v) is 3.52. The van der Waals surface area contributed by atoms with Gasteiger partial charge in [-0.25, -0.2) is 0 Å². The van der Waals surface area contributed by atoms with E-state index < -0.39 is 0 Å². The molecule has 4 heteroatoms. The van der Waals surface area contributed by atoms with Gasteiger partial charge in [0.25, 0.3) is 5.91 Å². The Morgan fingerprint density at radius 2 is 1.74 bits per heavy atom. The molecule has 4 nitrogen and oxygen atoms in total. The van der Waals surface area contributed by atoms with Crippen molar-refractivity contribution in [3.63, 3.8) is 0 Å². The highest BCUT2D eigenvalue weighted by atomic mass is 16.5. The van der Waals surface area contributed by atoms with Crippen LogP contribution in [-0.4, -0.2) is 25.6 Å². The molecule has 1 amide bonds. The minimum absolute atomic E-state index is 0.0373. The van der Waals surface area contributed by atoms with E-state index in [1.165, 1.54) is 30.5 Å². The molecule has 0 unspecified atom stereocenters. The Hall–Kier alpha value is -2.49. The number of hydrogen-bond acceptors (Lipinski definition) is 3. The van der Waals surface area contributed by atoms with E-state index in [1.807, 2.05) is 19.9 Å². The molecular formula is C23H30N2O2. The number of benzene rings is 2. The summed E-state index contributed by atoms with van der Waals surface area (Å²) in [5, 5.41) is 2.94. The normalized spacial score (nSPS) is 14.1. The molecular weight excluding hydrogens is 336 g/mol. The van der Waals surface area contributed by atoms with Gasteiger partial charge in [0.15, 0.2) is 6.61 Å². The van der Waals surface area contributed by atoms with Crippen LogP contribution >= 0.6 is 0 Å². The molecule has 3 rings (SSSR count). The van der Waals surface area contributed by atoms with Crippen LogP contribution in [-0.2, 0) is 11.3 Å². The summed E-state index contributed by atoms with van der Waals surface area (Å²) in [4.78, 5) is 14.6. The van der Waals surface area contributed by atoms with Crippen molar-refractivity contribution in [1.82, 2.24) is 5.32 Å². The first-order chi connectivity index (χ1) is 13.0. The zero-order valence-electron chi connectivity index (χ0n) is 16.7. The van der Waals surface area contributed by atoms with Gasteiger partial charge in [-0.2, -0.15) is 0 Å². The van der Waals surface area contributed by atoms with Crippen molar-refractivity contribution < 1.29 is 9.53 Å². The second kappa shape index (κ2) is 8.94. The topological polar surface area (TPSA) is 41.6 Å². The highest BCUT2D eigenvalue weighted by Gasteiger charge is 2.11. The summed E-state index contributed by atoms with van der Waals surface area (Å²) < 4.78 is 5.73. The van der Waals surface area contributed by atoms with Crippen LogP contribution in [0, 0.1) is 20.8 Å². The van der Waals surface area contributed by atoms with E-state index in [4.69, 9.17) is 4.74 Å². The van der Waals surface area contributed by atoms with Gasteiger partial charge in [-0.15, -0.1) is 0 Å². The smallest absolute Gasteiger partial charge is 0.258 e. The van der Waals surface area contributed by atoms with Gasteiger partial charge in [0.1, 0.15) is 5.75 Å². The van der Waals surface area contributed by atoms with Crippen molar-refractivity contribution in [2.75, 3.05) is 24.6 Å². The number of carbonyl (C=O) groups excluding carboxylic acids is 1. The summed E-state index contributed by atoms with van der Waals surface area (Å²) in [6.45, 7) is 8.96. The minimum Gasteiger partial charge on any atom is -0.483 e. The van der Waals surface area contributed by atoms with Crippen LogP contribution in [0.3, 0.4) is 0 Å². The molecule has 2 aromatic rings. The van der Waals surface area contributed by atoms with Crippen LogP contribution in [0.2, 0.25) is 0 Å². The Bertz CT molecular complexity index is 778. The summed E-state index contributed by atoms with van der Waals surface area (Å²) in [6, 6.07) is 12.6. The molecule has 0 aromatic heterocycles. The van der Waals surface area contributed by atoms with E-state index in [9.17, 15) is 4.79 Å². The average molecular weight is 367 g/mol. The number of anilines is 1. The van der Waals surface area contributed by atoms with Crippen LogP contribution in [0.25, 0.3) is 0 Å². The fourth-order valence-electron chi connectivity index (χ4n) is 3.52. The van der Waals surface area contributed by atoms with E-state index in [2.05, 4.69) is 47.5 Å². The molecule has 27 heavy (non-hydrogen) atoms. The van der Waals surface area contributed by atoms with E-state index in [0.717, 1.165) is 35.5 Å². The van der Waals surface area contributed by atoms with E-state index in [0.29, 0.717) is 6.54 Å². The lowest BCUT2D eigenvalue weighted by molar-refractivity contribution is -0.123. The lowest BCUT2D eigenvalue weighted by atomic mass is 10.1. The Balaban J connectivity index is 1.48. The van der Waals surface area contributed by atoms with Gasteiger partial charge < -0.3 is 15.0 Å². The second-order valence-electron chi connectivity index (χ2n) is 7.48. The van der Waals surface area contributed by atoms with Crippen LogP contribution in [0.4, 0.5) is 5.69 Å². The Morgan fingerprint density at radius 3 is 2.44 bits per heavy atom. The summed E-state index contributed by atoms with van der Waals surface area (Å²) in [5.41, 5.74) is 5.79. The van der Waals surface area contributed by atoms with Crippen LogP contribution < -0.4 is 15.0 Å². The molecule has 0 saturated carbocycles. The fraction of sp³-hybridized carbons (Fsp3) is 0.435. The third-order valence-corrected chi connectivity index (χ3v) is 5.27. The van der Waals surface area contributed by atoms with Gasteiger partial charge in [0.05, 0.1) is 0 Å². The molecule has 2 aromatic carbocycles. The van der Waals surface area contributed by atoms with Gasteiger partial charge in [0, 0.05) is 25.3 Å². The summed E-state index contributed by atoms with van der Waals surface area (Å²) in [7, 11) is 0. The van der Waals surface area contributed by atoms with Gasteiger partial charge in [-0.3, -0.25) is 4.79 Å². The minimum atomic E-state index is -0.103. The monoisotopic (exact) mass is 366 g/mol. The number of amides is 1. The van der Waals surface area contributed by atoms with Gasteiger partial charge >= 0.3 is 0 Å². The number of aryl methyl sites for hydroxylation is 2.